The molecule has 4 rings (SSSR count). The molecular weight excluding hydrogens is 399 g/mol. The van der Waals surface area contributed by atoms with E-state index in [2.05, 4.69) is 5.32 Å². The fourth-order valence-corrected chi connectivity index (χ4v) is 4.57. The van der Waals surface area contributed by atoms with Crippen LogP contribution in [0.5, 0.6) is 0 Å². The number of amides is 3. The zero-order chi connectivity index (χ0) is 21.3. The van der Waals surface area contributed by atoms with E-state index in [0.29, 0.717) is 38.5 Å². The Bertz CT molecular complexity index is 776. The van der Waals surface area contributed by atoms with Gasteiger partial charge >= 0.3 is 12.2 Å². The Morgan fingerprint density at radius 2 is 1.73 bits per heavy atom. The average molecular weight is 425 g/mol. The van der Waals surface area contributed by atoms with Gasteiger partial charge in [-0.15, -0.1) is 0 Å². The standard InChI is InChI=1S/C21H26F3N3O3/c22-21(23,24)16-3-1-14(2-4-16)11-15-5-8-26(9-6-15)20(29)27-10-7-18-17(12-27)25-19(28)13-30-18/h1-4,15,17-18H,5-13H2,(H,25,28)/t17-,18?/m1/s1. The summed E-state index contributed by atoms with van der Waals surface area (Å²) in [6, 6.07) is 5.19. The highest BCUT2D eigenvalue weighted by Crippen LogP contribution is 2.30. The first-order valence-electron chi connectivity index (χ1n) is 10.4. The molecule has 0 aliphatic carbocycles. The number of piperidine rings is 2. The van der Waals surface area contributed by atoms with Gasteiger partial charge in [-0.3, -0.25) is 4.79 Å². The van der Waals surface area contributed by atoms with Crippen LogP contribution in [-0.4, -0.2) is 66.7 Å². The molecule has 164 valence electrons. The quantitative estimate of drug-likeness (QED) is 0.793. The van der Waals surface area contributed by atoms with Crippen LogP contribution >= 0.6 is 0 Å². The van der Waals surface area contributed by atoms with Crippen LogP contribution in [0.3, 0.4) is 0 Å². The van der Waals surface area contributed by atoms with Crippen molar-refractivity contribution in [1.82, 2.24) is 15.1 Å². The maximum Gasteiger partial charge on any atom is 0.416 e. The summed E-state index contributed by atoms with van der Waals surface area (Å²) < 4.78 is 43.6. The number of hydrogen-bond acceptors (Lipinski definition) is 3. The molecule has 6 nitrogen and oxygen atoms in total. The van der Waals surface area contributed by atoms with Crippen molar-refractivity contribution in [3.05, 3.63) is 35.4 Å². The van der Waals surface area contributed by atoms with Gasteiger partial charge in [-0.2, -0.15) is 13.2 Å². The zero-order valence-electron chi connectivity index (χ0n) is 16.7. The van der Waals surface area contributed by atoms with E-state index >= 15 is 0 Å². The zero-order valence-corrected chi connectivity index (χ0v) is 16.7. The number of halogens is 3. The minimum absolute atomic E-state index is 0.0127. The molecule has 30 heavy (non-hydrogen) atoms. The summed E-state index contributed by atoms with van der Waals surface area (Å²) in [5, 5.41) is 2.91. The van der Waals surface area contributed by atoms with Crippen molar-refractivity contribution in [2.24, 2.45) is 5.92 Å². The van der Waals surface area contributed by atoms with Gasteiger partial charge in [-0.25, -0.2) is 4.79 Å². The fraction of sp³-hybridized carbons (Fsp3) is 0.619. The second-order valence-electron chi connectivity index (χ2n) is 8.37. The first kappa shape index (κ1) is 21.0. The minimum Gasteiger partial charge on any atom is -0.366 e. The number of urea groups is 1. The van der Waals surface area contributed by atoms with Gasteiger partial charge in [-0.1, -0.05) is 12.1 Å². The van der Waals surface area contributed by atoms with Crippen molar-refractivity contribution in [3.63, 3.8) is 0 Å². The van der Waals surface area contributed by atoms with Crippen LogP contribution in [0, 0.1) is 5.92 Å². The van der Waals surface area contributed by atoms with Crippen molar-refractivity contribution >= 4 is 11.9 Å². The molecule has 3 heterocycles. The Kier molecular flexibility index (Phi) is 5.90. The van der Waals surface area contributed by atoms with E-state index in [1.54, 1.807) is 17.0 Å². The number of benzene rings is 1. The fourth-order valence-electron chi connectivity index (χ4n) is 4.57. The number of morpholine rings is 1. The lowest BCUT2D eigenvalue weighted by Crippen LogP contribution is -2.62. The summed E-state index contributed by atoms with van der Waals surface area (Å²) in [4.78, 5) is 28.1. The lowest BCUT2D eigenvalue weighted by atomic mass is 9.90. The van der Waals surface area contributed by atoms with Gasteiger partial charge in [0, 0.05) is 26.2 Å². The van der Waals surface area contributed by atoms with Crippen LogP contribution in [0.4, 0.5) is 18.0 Å². The molecule has 3 fully saturated rings. The number of carbonyl (C=O) groups is 2. The molecule has 1 N–H and O–H groups in total. The molecule has 1 unspecified atom stereocenters. The molecule has 0 saturated carbocycles. The summed E-state index contributed by atoms with van der Waals surface area (Å²) in [6.07, 6.45) is -1.26. The average Bonchev–Trinajstić information content (AvgIpc) is 2.73. The molecule has 3 saturated heterocycles. The van der Waals surface area contributed by atoms with Gasteiger partial charge in [0.1, 0.15) is 6.61 Å². The van der Waals surface area contributed by atoms with E-state index in [1.165, 1.54) is 0 Å². The SMILES string of the molecule is O=C1COC2CCN(C(=O)N3CCC(Cc4ccc(C(F)(F)F)cc4)CC3)C[C@H]2N1. The lowest BCUT2D eigenvalue weighted by Gasteiger charge is -2.43. The highest BCUT2D eigenvalue weighted by molar-refractivity contribution is 5.79. The molecule has 2 atom stereocenters. The summed E-state index contributed by atoms with van der Waals surface area (Å²) in [7, 11) is 0. The van der Waals surface area contributed by atoms with Crippen LogP contribution in [0.2, 0.25) is 0 Å². The number of likely N-dealkylation sites (tertiary alicyclic amines) is 2. The van der Waals surface area contributed by atoms with Crippen LogP contribution in [0.1, 0.15) is 30.4 Å². The Balaban J connectivity index is 1.26. The van der Waals surface area contributed by atoms with Crippen molar-refractivity contribution in [3.8, 4) is 0 Å². The summed E-state index contributed by atoms with van der Waals surface area (Å²) in [6.45, 7) is 2.43. The first-order chi connectivity index (χ1) is 14.3. The third-order valence-electron chi connectivity index (χ3n) is 6.29. The van der Waals surface area contributed by atoms with Gasteiger partial charge < -0.3 is 19.9 Å². The lowest BCUT2D eigenvalue weighted by molar-refractivity contribution is -0.140. The smallest absolute Gasteiger partial charge is 0.366 e. The van der Waals surface area contributed by atoms with E-state index in [-0.39, 0.29) is 30.7 Å². The van der Waals surface area contributed by atoms with Gasteiger partial charge in [-0.05, 0) is 49.3 Å². The maximum atomic E-state index is 12.9. The number of carbonyl (C=O) groups excluding carboxylic acids is 2. The molecule has 3 amide bonds. The molecule has 9 heteroatoms. The highest BCUT2D eigenvalue weighted by Gasteiger charge is 2.38. The van der Waals surface area contributed by atoms with Gasteiger partial charge in [0.25, 0.3) is 0 Å². The summed E-state index contributed by atoms with van der Waals surface area (Å²) >= 11 is 0. The highest BCUT2D eigenvalue weighted by atomic mass is 19.4. The molecule has 1 aromatic rings. The van der Waals surface area contributed by atoms with Gasteiger partial charge in [0.2, 0.25) is 5.91 Å². The van der Waals surface area contributed by atoms with Gasteiger partial charge in [0.05, 0.1) is 17.7 Å². The molecular formula is C21H26F3N3O3. The summed E-state index contributed by atoms with van der Waals surface area (Å²) in [5.74, 6) is 0.206. The van der Waals surface area contributed by atoms with Crippen LogP contribution in [0.25, 0.3) is 0 Å². The largest absolute Gasteiger partial charge is 0.416 e. The Morgan fingerprint density at radius 3 is 2.40 bits per heavy atom. The van der Waals surface area contributed by atoms with Crippen molar-refractivity contribution < 1.29 is 27.5 Å². The topological polar surface area (TPSA) is 61.9 Å². The molecule has 3 aliphatic heterocycles. The van der Waals surface area contributed by atoms with Crippen LogP contribution < -0.4 is 5.32 Å². The molecule has 0 spiro atoms. The number of alkyl halides is 3. The number of nitrogens with one attached hydrogen (secondary N) is 1. The van der Waals surface area contributed by atoms with Crippen molar-refractivity contribution in [1.29, 1.82) is 0 Å². The maximum absolute atomic E-state index is 12.9. The summed E-state index contributed by atoms with van der Waals surface area (Å²) in [5.41, 5.74) is 0.262. The van der Waals surface area contributed by atoms with Crippen molar-refractivity contribution in [2.45, 2.75) is 44.0 Å². The molecule has 0 bridgehead atoms. The predicted octanol–water partition coefficient (Wildman–Crippen LogP) is 2.67. The van der Waals surface area contributed by atoms with E-state index < -0.39 is 11.7 Å². The Morgan fingerprint density at radius 1 is 1.07 bits per heavy atom. The Hall–Kier alpha value is -2.29. The van der Waals surface area contributed by atoms with E-state index in [1.807, 2.05) is 4.90 Å². The molecule has 0 radical (unpaired) electrons. The van der Waals surface area contributed by atoms with Crippen molar-refractivity contribution in [2.75, 3.05) is 32.8 Å². The normalized spacial score (nSPS) is 25.6. The second-order valence-corrected chi connectivity index (χ2v) is 8.37. The van der Waals surface area contributed by atoms with Gasteiger partial charge in [0.15, 0.2) is 0 Å². The third-order valence-corrected chi connectivity index (χ3v) is 6.29. The van der Waals surface area contributed by atoms with E-state index in [9.17, 15) is 22.8 Å². The number of hydrogen-bond donors (Lipinski definition) is 1. The molecule has 0 aromatic heterocycles. The number of ether oxygens (including phenoxy) is 1. The third kappa shape index (κ3) is 4.71. The number of fused-ring (bicyclic) bond motifs is 1. The molecule has 3 aliphatic rings. The number of nitrogens with zero attached hydrogens (tertiary/aromatic N) is 2. The predicted molar refractivity (Wildman–Crippen MR) is 103 cm³/mol. The van der Waals surface area contributed by atoms with E-state index in [4.69, 9.17) is 4.74 Å². The minimum atomic E-state index is -4.31. The second kappa shape index (κ2) is 8.45. The monoisotopic (exact) mass is 425 g/mol. The van der Waals surface area contributed by atoms with Crippen LogP contribution in [0.15, 0.2) is 24.3 Å². The Labute approximate surface area is 173 Å². The first-order valence-corrected chi connectivity index (χ1v) is 10.4. The molecule has 1 aromatic carbocycles. The number of rotatable bonds is 2. The van der Waals surface area contributed by atoms with E-state index in [0.717, 1.165) is 37.0 Å². The van der Waals surface area contributed by atoms with Crippen LogP contribution in [-0.2, 0) is 22.1 Å².